The summed E-state index contributed by atoms with van der Waals surface area (Å²) in [6.45, 7) is 4.51. The van der Waals surface area contributed by atoms with Crippen LogP contribution in [0.3, 0.4) is 0 Å². The molecule has 0 unspecified atom stereocenters. The van der Waals surface area contributed by atoms with Crippen LogP contribution in [0.2, 0.25) is 0 Å². The van der Waals surface area contributed by atoms with Gasteiger partial charge in [-0.15, -0.1) is 0 Å². The van der Waals surface area contributed by atoms with E-state index in [9.17, 15) is 9.59 Å². The normalized spacial score (nSPS) is 10.0. The van der Waals surface area contributed by atoms with Crippen molar-refractivity contribution in [2.24, 2.45) is 5.73 Å². The van der Waals surface area contributed by atoms with Crippen molar-refractivity contribution in [3.05, 3.63) is 5.69 Å². The molecule has 1 aromatic rings. The molecule has 0 fully saturated rings. The Kier molecular flexibility index (Phi) is 4.89. The Balaban J connectivity index is 2.88. The Morgan fingerprint density at radius 3 is 2.65 bits per heavy atom. The first-order valence-electron chi connectivity index (χ1n) is 5.42. The number of rotatable bonds is 6. The van der Waals surface area contributed by atoms with Gasteiger partial charge in [0.05, 0.1) is 0 Å². The molecule has 1 rings (SSSR count). The van der Waals surface area contributed by atoms with Gasteiger partial charge in [-0.25, -0.2) is 4.98 Å². The van der Waals surface area contributed by atoms with E-state index in [1.54, 1.807) is 0 Å². The minimum Gasteiger partial charge on any atom is -0.364 e. The molecule has 7 heteroatoms. The van der Waals surface area contributed by atoms with Gasteiger partial charge in [-0.1, -0.05) is 18.3 Å². The molecule has 0 aliphatic heterocycles. The predicted octanol–water partition coefficient (Wildman–Crippen LogP) is 1.41. The molecule has 2 amide bonds. The first kappa shape index (κ1) is 13.4. The average Bonchev–Trinajstić information content (AvgIpc) is 2.62. The molecule has 4 N–H and O–H groups in total. The van der Waals surface area contributed by atoms with Crippen molar-refractivity contribution in [3.8, 4) is 0 Å². The van der Waals surface area contributed by atoms with E-state index in [0.29, 0.717) is 23.1 Å². The molecule has 0 aromatic carbocycles. The largest absolute Gasteiger partial charge is 0.364 e. The fourth-order valence-corrected chi connectivity index (χ4v) is 2.17. The van der Waals surface area contributed by atoms with Gasteiger partial charge in [0.15, 0.2) is 10.8 Å². The molecular formula is C10H16N4O2S. The predicted molar refractivity (Wildman–Crippen MR) is 68.3 cm³/mol. The van der Waals surface area contributed by atoms with Gasteiger partial charge in [0.1, 0.15) is 5.00 Å². The van der Waals surface area contributed by atoms with Crippen LogP contribution in [0.4, 0.5) is 10.1 Å². The number of hydrogen-bond acceptors (Lipinski definition) is 5. The Morgan fingerprint density at radius 1 is 1.41 bits per heavy atom. The van der Waals surface area contributed by atoms with Gasteiger partial charge < -0.3 is 16.4 Å². The summed E-state index contributed by atoms with van der Waals surface area (Å²) in [5, 5.41) is 6.61. The molecule has 0 spiro atoms. The lowest BCUT2D eigenvalue weighted by Gasteiger charge is -2.01. The molecule has 17 heavy (non-hydrogen) atoms. The number of amides is 2. The van der Waals surface area contributed by atoms with Crippen LogP contribution >= 0.6 is 11.3 Å². The number of anilines is 2. The highest BCUT2D eigenvalue weighted by atomic mass is 32.1. The molecule has 0 saturated carbocycles. The van der Waals surface area contributed by atoms with Crippen molar-refractivity contribution < 1.29 is 9.59 Å². The number of thiazole rings is 1. The zero-order valence-corrected chi connectivity index (χ0v) is 10.7. The van der Waals surface area contributed by atoms with Crippen LogP contribution in [0.5, 0.6) is 0 Å². The summed E-state index contributed by atoms with van der Waals surface area (Å²) in [6, 6.07) is 0. The summed E-state index contributed by atoms with van der Waals surface area (Å²) in [5.41, 5.74) is 5.31. The molecule has 0 aliphatic carbocycles. The number of nitrogens with two attached hydrogens (primary N) is 1. The number of nitrogens with one attached hydrogen (secondary N) is 2. The molecule has 1 heterocycles. The molecule has 0 bridgehead atoms. The topological polar surface area (TPSA) is 97.1 Å². The smallest absolute Gasteiger partial charge is 0.270 e. The third-order valence-corrected chi connectivity index (χ3v) is 2.85. The lowest BCUT2D eigenvalue weighted by molar-refractivity contribution is -0.116. The van der Waals surface area contributed by atoms with Crippen molar-refractivity contribution in [1.82, 2.24) is 4.98 Å². The van der Waals surface area contributed by atoms with Gasteiger partial charge in [0, 0.05) is 13.0 Å². The molecule has 0 radical (unpaired) electrons. The minimum absolute atomic E-state index is 0.107. The molecule has 0 aliphatic rings. The van der Waals surface area contributed by atoms with Gasteiger partial charge in [-0.2, -0.15) is 0 Å². The second kappa shape index (κ2) is 6.19. The second-order valence-corrected chi connectivity index (χ2v) is 4.39. The van der Waals surface area contributed by atoms with E-state index in [1.165, 1.54) is 11.3 Å². The summed E-state index contributed by atoms with van der Waals surface area (Å²) in [7, 11) is 0. The monoisotopic (exact) mass is 256 g/mol. The van der Waals surface area contributed by atoms with Crippen molar-refractivity contribution in [1.29, 1.82) is 0 Å². The first-order valence-corrected chi connectivity index (χ1v) is 6.24. The van der Waals surface area contributed by atoms with Crippen LogP contribution in [0.1, 0.15) is 37.2 Å². The highest BCUT2D eigenvalue weighted by Gasteiger charge is 2.17. The lowest BCUT2D eigenvalue weighted by Crippen LogP contribution is -2.17. The Hall–Kier alpha value is -1.63. The highest BCUT2D eigenvalue weighted by molar-refractivity contribution is 7.20. The van der Waals surface area contributed by atoms with Crippen LogP contribution in [0, 0.1) is 0 Å². The molecular weight excluding hydrogens is 240 g/mol. The highest BCUT2D eigenvalue weighted by Crippen LogP contribution is 2.28. The quantitative estimate of drug-likeness (QED) is 0.717. The first-order chi connectivity index (χ1) is 8.08. The summed E-state index contributed by atoms with van der Waals surface area (Å²) in [4.78, 5) is 26.6. The van der Waals surface area contributed by atoms with Crippen LogP contribution in [0.25, 0.3) is 0 Å². The summed E-state index contributed by atoms with van der Waals surface area (Å²) >= 11 is 1.21. The fourth-order valence-electron chi connectivity index (χ4n) is 1.21. The van der Waals surface area contributed by atoms with Crippen molar-refractivity contribution in [3.63, 3.8) is 0 Å². The van der Waals surface area contributed by atoms with Crippen LogP contribution < -0.4 is 16.4 Å². The number of carbonyl (C=O) groups is 2. The van der Waals surface area contributed by atoms with E-state index >= 15 is 0 Å². The standard InChI is InChI=1S/C10H16N4O2S/c1-3-5-6(15)13-9-7(8(11)16)14-10(17-9)12-4-2/h3-5H2,1-2H3,(H2,11,16)(H,12,14)(H,13,15). The second-order valence-electron chi connectivity index (χ2n) is 3.39. The van der Waals surface area contributed by atoms with Crippen LogP contribution in [-0.2, 0) is 4.79 Å². The summed E-state index contributed by atoms with van der Waals surface area (Å²) in [6.07, 6.45) is 1.16. The maximum atomic E-state index is 11.4. The Bertz CT molecular complexity index is 416. The third-order valence-electron chi connectivity index (χ3n) is 1.92. The van der Waals surface area contributed by atoms with Crippen molar-refractivity contribution in [2.45, 2.75) is 26.7 Å². The van der Waals surface area contributed by atoms with Crippen molar-refractivity contribution >= 4 is 33.3 Å². The summed E-state index contributed by atoms with van der Waals surface area (Å²) < 4.78 is 0. The van der Waals surface area contributed by atoms with E-state index in [1.807, 2.05) is 13.8 Å². The molecule has 1 aromatic heterocycles. The van der Waals surface area contributed by atoms with E-state index in [4.69, 9.17) is 5.73 Å². The third kappa shape index (κ3) is 3.70. The maximum absolute atomic E-state index is 11.4. The lowest BCUT2D eigenvalue weighted by atomic mass is 10.3. The van der Waals surface area contributed by atoms with Gasteiger partial charge in [0.25, 0.3) is 5.91 Å². The Labute approximate surface area is 104 Å². The number of nitrogens with zero attached hydrogens (tertiary/aromatic N) is 1. The van der Waals surface area contributed by atoms with E-state index in [2.05, 4.69) is 15.6 Å². The van der Waals surface area contributed by atoms with Gasteiger partial charge >= 0.3 is 0 Å². The maximum Gasteiger partial charge on any atom is 0.270 e. The average molecular weight is 256 g/mol. The van der Waals surface area contributed by atoms with Gasteiger partial charge in [-0.3, -0.25) is 9.59 Å². The van der Waals surface area contributed by atoms with E-state index in [-0.39, 0.29) is 11.6 Å². The van der Waals surface area contributed by atoms with E-state index in [0.717, 1.165) is 6.42 Å². The SMILES string of the molecule is CCCC(=O)Nc1sc(NCC)nc1C(N)=O. The molecule has 0 saturated heterocycles. The Morgan fingerprint density at radius 2 is 2.12 bits per heavy atom. The fraction of sp³-hybridized carbons (Fsp3) is 0.500. The van der Waals surface area contributed by atoms with E-state index < -0.39 is 5.91 Å². The molecule has 6 nitrogen and oxygen atoms in total. The zero-order chi connectivity index (χ0) is 12.8. The number of aromatic nitrogens is 1. The van der Waals surface area contributed by atoms with Crippen LogP contribution in [0.15, 0.2) is 0 Å². The number of hydrogen-bond donors (Lipinski definition) is 3. The molecule has 0 atom stereocenters. The van der Waals surface area contributed by atoms with Gasteiger partial charge in [-0.05, 0) is 13.3 Å². The number of carbonyl (C=O) groups excluding carboxylic acids is 2. The number of primary amides is 1. The summed E-state index contributed by atoms with van der Waals surface area (Å²) in [5.74, 6) is -0.779. The zero-order valence-electron chi connectivity index (χ0n) is 9.87. The minimum atomic E-state index is -0.641. The van der Waals surface area contributed by atoms with Gasteiger partial charge in [0.2, 0.25) is 5.91 Å². The molecule has 94 valence electrons. The van der Waals surface area contributed by atoms with Crippen molar-refractivity contribution in [2.75, 3.05) is 17.2 Å². The van der Waals surface area contributed by atoms with Crippen LogP contribution in [-0.4, -0.2) is 23.3 Å².